The summed E-state index contributed by atoms with van der Waals surface area (Å²) in [5.74, 6) is 1.67. The van der Waals surface area contributed by atoms with Crippen molar-refractivity contribution in [2.75, 3.05) is 5.32 Å². The van der Waals surface area contributed by atoms with E-state index in [0.717, 1.165) is 17.5 Å². The molecular weight excluding hydrogens is 390 g/mol. The number of anilines is 1. The van der Waals surface area contributed by atoms with E-state index >= 15 is 0 Å². The fourth-order valence-electron chi connectivity index (χ4n) is 2.77. The van der Waals surface area contributed by atoms with Crippen molar-refractivity contribution in [1.82, 2.24) is 20.3 Å². The van der Waals surface area contributed by atoms with Crippen molar-refractivity contribution in [1.29, 1.82) is 0 Å². The minimum Gasteiger partial charge on any atom is -0.439 e. The minimum absolute atomic E-state index is 0.0273. The van der Waals surface area contributed by atoms with Gasteiger partial charge < -0.3 is 15.4 Å². The number of nitrogens with one attached hydrogen (secondary N) is 2. The molecule has 29 heavy (non-hydrogen) atoms. The van der Waals surface area contributed by atoms with E-state index < -0.39 is 0 Å². The summed E-state index contributed by atoms with van der Waals surface area (Å²) in [7, 11) is 0. The molecule has 0 saturated heterocycles. The summed E-state index contributed by atoms with van der Waals surface area (Å²) in [4.78, 5) is 23.6. The Hall–Kier alpha value is -3.19. The molecule has 1 aromatic carbocycles. The highest BCUT2D eigenvalue weighted by atomic mass is 35.5. The van der Waals surface area contributed by atoms with Gasteiger partial charge in [-0.25, -0.2) is 15.0 Å². The molecule has 7 nitrogen and oxygen atoms in total. The predicted molar refractivity (Wildman–Crippen MR) is 112 cm³/mol. The van der Waals surface area contributed by atoms with Crippen molar-refractivity contribution >= 4 is 23.5 Å². The van der Waals surface area contributed by atoms with Crippen LogP contribution < -0.4 is 15.4 Å². The summed E-state index contributed by atoms with van der Waals surface area (Å²) in [6.45, 7) is 4.03. The Labute approximate surface area is 174 Å². The minimum atomic E-state index is -0.0273. The lowest BCUT2D eigenvalue weighted by Crippen LogP contribution is -2.31. The maximum absolute atomic E-state index is 11.1. The molecule has 0 aliphatic heterocycles. The summed E-state index contributed by atoms with van der Waals surface area (Å²) < 4.78 is 5.85. The van der Waals surface area contributed by atoms with Crippen LogP contribution in [0.15, 0.2) is 55.0 Å². The zero-order chi connectivity index (χ0) is 20.6. The Balaban J connectivity index is 1.56. The van der Waals surface area contributed by atoms with E-state index in [9.17, 15) is 4.79 Å². The first-order valence-electron chi connectivity index (χ1n) is 9.18. The number of carbonyl (C=O) groups excluding carboxylic acids is 1. The van der Waals surface area contributed by atoms with Gasteiger partial charge in [-0.2, -0.15) is 0 Å². The van der Waals surface area contributed by atoms with Crippen LogP contribution in [0.5, 0.6) is 11.6 Å². The first kappa shape index (κ1) is 20.5. The molecule has 2 heterocycles. The predicted octanol–water partition coefficient (Wildman–Crippen LogP) is 4.00. The molecule has 3 rings (SSSR count). The van der Waals surface area contributed by atoms with Crippen LogP contribution in [0.2, 0.25) is 5.02 Å². The number of amides is 1. The lowest BCUT2D eigenvalue weighted by Gasteiger charge is -2.13. The van der Waals surface area contributed by atoms with Crippen LogP contribution in [0, 0.1) is 0 Å². The van der Waals surface area contributed by atoms with Crippen molar-refractivity contribution in [3.8, 4) is 11.6 Å². The molecule has 0 bridgehead atoms. The molecule has 3 aromatic rings. The summed E-state index contributed by atoms with van der Waals surface area (Å²) in [5.41, 5.74) is 2.10. The van der Waals surface area contributed by atoms with Crippen LogP contribution in [0.25, 0.3) is 0 Å². The maximum Gasteiger partial charge on any atom is 0.222 e. The van der Waals surface area contributed by atoms with Crippen LogP contribution in [-0.2, 0) is 17.8 Å². The van der Waals surface area contributed by atoms with Gasteiger partial charge in [0.2, 0.25) is 17.7 Å². The largest absolute Gasteiger partial charge is 0.439 e. The number of hydrogen-bond acceptors (Lipinski definition) is 6. The van der Waals surface area contributed by atoms with Gasteiger partial charge in [-0.05, 0) is 42.7 Å². The number of aromatic nitrogens is 3. The van der Waals surface area contributed by atoms with Gasteiger partial charge in [0.05, 0.1) is 17.4 Å². The van der Waals surface area contributed by atoms with E-state index in [-0.39, 0.29) is 11.9 Å². The van der Waals surface area contributed by atoms with E-state index in [2.05, 4.69) is 25.6 Å². The first-order valence-corrected chi connectivity index (χ1v) is 9.56. The Morgan fingerprint density at radius 1 is 1.10 bits per heavy atom. The van der Waals surface area contributed by atoms with Crippen LogP contribution in [0.3, 0.4) is 0 Å². The molecule has 1 unspecified atom stereocenters. The normalized spacial score (nSPS) is 11.6. The average Bonchev–Trinajstić information content (AvgIpc) is 2.69. The first-order chi connectivity index (χ1) is 14.0. The standard InChI is InChI=1S/C21H22ClN5O2/c1-14(27-15(2)28)9-16-3-5-19(6-4-16)29-20-10-17(7-8-23-20)11-24-21-25-12-18(22)13-26-21/h3-8,10,12-14H,9,11H2,1-2H3,(H,27,28)(H,24,25,26). The smallest absolute Gasteiger partial charge is 0.222 e. The van der Waals surface area contributed by atoms with Crippen molar-refractivity contribution < 1.29 is 9.53 Å². The monoisotopic (exact) mass is 411 g/mol. The Bertz CT molecular complexity index is 948. The van der Waals surface area contributed by atoms with E-state index in [1.54, 1.807) is 18.6 Å². The summed E-state index contributed by atoms with van der Waals surface area (Å²) in [6.07, 6.45) is 5.53. The third-order valence-corrected chi connectivity index (χ3v) is 4.20. The third kappa shape index (κ3) is 6.73. The third-order valence-electron chi connectivity index (χ3n) is 4.01. The van der Waals surface area contributed by atoms with Crippen molar-refractivity contribution in [2.45, 2.75) is 32.9 Å². The van der Waals surface area contributed by atoms with Gasteiger partial charge in [-0.3, -0.25) is 4.79 Å². The lowest BCUT2D eigenvalue weighted by molar-refractivity contribution is -0.119. The topological polar surface area (TPSA) is 89.0 Å². The fraction of sp³-hybridized carbons (Fsp3) is 0.238. The lowest BCUT2D eigenvalue weighted by atomic mass is 10.1. The summed E-state index contributed by atoms with van der Waals surface area (Å²) in [6, 6.07) is 11.6. The van der Waals surface area contributed by atoms with E-state index in [0.29, 0.717) is 29.1 Å². The number of benzene rings is 1. The van der Waals surface area contributed by atoms with Crippen molar-refractivity contribution in [3.63, 3.8) is 0 Å². The number of hydrogen-bond donors (Lipinski definition) is 2. The molecule has 1 amide bonds. The number of ether oxygens (including phenoxy) is 1. The number of nitrogens with zero attached hydrogens (tertiary/aromatic N) is 3. The Kier molecular flexibility index (Phi) is 6.97. The molecule has 1 atom stereocenters. The second-order valence-corrected chi connectivity index (χ2v) is 7.07. The van der Waals surface area contributed by atoms with Crippen LogP contribution in [0.4, 0.5) is 5.95 Å². The number of halogens is 1. The molecule has 0 fully saturated rings. The van der Waals surface area contributed by atoms with Gasteiger partial charge in [-0.15, -0.1) is 0 Å². The SMILES string of the molecule is CC(=O)NC(C)Cc1ccc(Oc2cc(CNc3ncc(Cl)cn3)ccn2)cc1. The molecule has 150 valence electrons. The van der Waals surface area contributed by atoms with Crippen LogP contribution in [-0.4, -0.2) is 26.9 Å². The molecule has 0 aliphatic rings. The molecule has 8 heteroatoms. The van der Waals surface area contributed by atoms with E-state index in [4.69, 9.17) is 16.3 Å². The fourth-order valence-corrected chi connectivity index (χ4v) is 2.86. The Morgan fingerprint density at radius 3 is 2.52 bits per heavy atom. The average molecular weight is 412 g/mol. The van der Waals surface area contributed by atoms with Gasteiger partial charge in [0, 0.05) is 31.8 Å². The second kappa shape index (κ2) is 9.84. The highest BCUT2D eigenvalue weighted by Crippen LogP contribution is 2.21. The van der Waals surface area contributed by atoms with Gasteiger partial charge in [0.25, 0.3) is 0 Å². The number of carbonyl (C=O) groups is 1. The van der Waals surface area contributed by atoms with Gasteiger partial charge >= 0.3 is 0 Å². The number of rotatable bonds is 8. The van der Waals surface area contributed by atoms with Gasteiger partial charge in [0.15, 0.2) is 0 Å². The molecule has 0 spiro atoms. The summed E-state index contributed by atoms with van der Waals surface area (Å²) in [5, 5.41) is 6.49. The highest BCUT2D eigenvalue weighted by Gasteiger charge is 2.06. The van der Waals surface area contributed by atoms with Gasteiger partial charge in [0.1, 0.15) is 5.75 Å². The van der Waals surface area contributed by atoms with Gasteiger partial charge in [-0.1, -0.05) is 23.7 Å². The van der Waals surface area contributed by atoms with Crippen molar-refractivity contribution in [2.24, 2.45) is 0 Å². The molecular formula is C21H22ClN5O2. The summed E-state index contributed by atoms with van der Waals surface area (Å²) >= 11 is 5.79. The second-order valence-electron chi connectivity index (χ2n) is 6.63. The molecule has 0 radical (unpaired) electrons. The van der Waals surface area contributed by atoms with Crippen LogP contribution in [0.1, 0.15) is 25.0 Å². The van der Waals surface area contributed by atoms with E-state index in [1.165, 1.54) is 6.92 Å². The maximum atomic E-state index is 11.1. The molecule has 2 N–H and O–H groups in total. The zero-order valence-corrected chi connectivity index (χ0v) is 17.0. The molecule has 2 aromatic heterocycles. The number of pyridine rings is 1. The molecule has 0 aliphatic carbocycles. The van der Waals surface area contributed by atoms with Crippen molar-refractivity contribution in [3.05, 3.63) is 71.1 Å². The Morgan fingerprint density at radius 2 is 1.83 bits per heavy atom. The highest BCUT2D eigenvalue weighted by molar-refractivity contribution is 6.30. The molecule has 0 saturated carbocycles. The van der Waals surface area contributed by atoms with Crippen LogP contribution >= 0.6 is 11.6 Å². The quantitative estimate of drug-likeness (QED) is 0.582. The zero-order valence-electron chi connectivity index (χ0n) is 16.2. The van der Waals surface area contributed by atoms with E-state index in [1.807, 2.05) is 43.3 Å².